The lowest BCUT2D eigenvalue weighted by Crippen LogP contribution is -1.92. The Hall–Kier alpha value is -2.48. The van der Waals surface area contributed by atoms with E-state index in [1.807, 2.05) is 0 Å². The van der Waals surface area contributed by atoms with Crippen molar-refractivity contribution in [2.24, 2.45) is 0 Å². The standard InChI is InChI=1S/C22H20O2/c1-23-16-8-6-14(7-9-16)19-13-21(19)20-12-15-4-2-3-5-17(15)22-18(20)10-11-24-22/h2-9,12,19,21H,10-11,13H2,1H3/t19-,21-/m1/s1. The molecule has 1 heterocycles. The minimum absolute atomic E-state index is 0.624. The molecule has 2 atom stereocenters. The summed E-state index contributed by atoms with van der Waals surface area (Å²) < 4.78 is 11.3. The van der Waals surface area contributed by atoms with Gasteiger partial charge in [0.25, 0.3) is 0 Å². The number of ether oxygens (including phenoxy) is 2. The topological polar surface area (TPSA) is 18.5 Å². The van der Waals surface area contributed by atoms with Gasteiger partial charge in [-0.25, -0.2) is 0 Å². The molecule has 5 rings (SSSR count). The maximum atomic E-state index is 5.99. The molecule has 1 aliphatic carbocycles. The van der Waals surface area contributed by atoms with Gasteiger partial charge in [0.15, 0.2) is 0 Å². The Kier molecular flexibility index (Phi) is 3.05. The van der Waals surface area contributed by atoms with Crippen molar-refractivity contribution in [1.29, 1.82) is 0 Å². The van der Waals surface area contributed by atoms with E-state index in [2.05, 4.69) is 54.6 Å². The van der Waals surface area contributed by atoms with E-state index < -0.39 is 0 Å². The molecule has 0 aromatic heterocycles. The van der Waals surface area contributed by atoms with E-state index in [1.165, 1.54) is 33.9 Å². The molecular weight excluding hydrogens is 296 g/mol. The Morgan fingerprint density at radius 3 is 2.67 bits per heavy atom. The fourth-order valence-corrected chi connectivity index (χ4v) is 4.14. The molecule has 0 saturated heterocycles. The van der Waals surface area contributed by atoms with Gasteiger partial charge in [-0.15, -0.1) is 0 Å². The number of methoxy groups -OCH3 is 1. The Morgan fingerprint density at radius 2 is 1.83 bits per heavy atom. The van der Waals surface area contributed by atoms with Gasteiger partial charge in [-0.1, -0.05) is 42.5 Å². The van der Waals surface area contributed by atoms with Crippen LogP contribution in [0.5, 0.6) is 11.5 Å². The summed E-state index contributed by atoms with van der Waals surface area (Å²) in [6.07, 6.45) is 2.28. The van der Waals surface area contributed by atoms with Crippen LogP contribution in [0.15, 0.2) is 54.6 Å². The Morgan fingerprint density at radius 1 is 1.00 bits per heavy atom. The molecule has 0 amide bonds. The second kappa shape index (κ2) is 5.27. The summed E-state index contributed by atoms with van der Waals surface area (Å²) in [5.41, 5.74) is 4.36. The van der Waals surface area contributed by atoms with E-state index >= 15 is 0 Å². The molecule has 2 heteroatoms. The fraction of sp³-hybridized carbons (Fsp3) is 0.273. The predicted octanol–water partition coefficient (Wildman–Crippen LogP) is 5.05. The third kappa shape index (κ3) is 2.10. The van der Waals surface area contributed by atoms with Crippen molar-refractivity contribution < 1.29 is 9.47 Å². The van der Waals surface area contributed by atoms with E-state index in [1.54, 1.807) is 7.11 Å². The first-order chi connectivity index (χ1) is 11.8. The molecule has 24 heavy (non-hydrogen) atoms. The first-order valence-electron chi connectivity index (χ1n) is 8.66. The first-order valence-corrected chi connectivity index (χ1v) is 8.66. The van der Waals surface area contributed by atoms with Crippen LogP contribution in [0, 0.1) is 0 Å². The largest absolute Gasteiger partial charge is 0.497 e. The van der Waals surface area contributed by atoms with E-state index in [0.29, 0.717) is 11.8 Å². The van der Waals surface area contributed by atoms with Gasteiger partial charge in [0, 0.05) is 17.4 Å². The zero-order valence-electron chi connectivity index (χ0n) is 13.8. The van der Waals surface area contributed by atoms with Crippen LogP contribution in [-0.4, -0.2) is 13.7 Å². The second-order valence-corrected chi connectivity index (χ2v) is 6.81. The van der Waals surface area contributed by atoms with Gasteiger partial charge < -0.3 is 9.47 Å². The van der Waals surface area contributed by atoms with E-state index in [0.717, 1.165) is 24.5 Å². The molecule has 0 N–H and O–H groups in total. The van der Waals surface area contributed by atoms with Crippen LogP contribution in [0.1, 0.15) is 34.9 Å². The molecule has 0 unspecified atom stereocenters. The minimum atomic E-state index is 0.624. The van der Waals surface area contributed by atoms with Crippen LogP contribution < -0.4 is 9.47 Å². The summed E-state index contributed by atoms with van der Waals surface area (Å²) >= 11 is 0. The smallest absolute Gasteiger partial charge is 0.130 e. The lowest BCUT2D eigenvalue weighted by molar-refractivity contribution is 0.360. The van der Waals surface area contributed by atoms with Crippen molar-refractivity contribution in [3.63, 3.8) is 0 Å². The molecule has 2 nitrogen and oxygen atoms in total. The van der Waals surface area contributed by atoms with Crippen LogP contribution in [0.3, 0.4) is 0 Å². The predicted molar refractivity (Wildman–Crippen MR) is 96.2 cm³/mol. The molecule has 1 fully saturated rings. The minimum Gasteiger partial charge on any atom is -0.497 e. The molecule has 0 radical (unpaired) electrons. The molecule has 120 valence electrons. The highest BCUT2D eigenvalue weighted by Gasteiger charge is 2.42. The van der Waals surface area contributed by atoms with Gasteiger partial charge in [-0.05, 0) is 46.9 Å². The quantitative estimate of drug-likeness (QED) is 0.673. The Balaban J connectivity index is 1.54. The van der Waals surface area contributed by atoms with Crippen molar-refractivity contribution in [1.82, 2.24) is 0 Å². The van der Waals surface area contributed by atoms with Gasteiger partial charge in [0.2, 0.25) is 0 Å². The molecule has 3 aromatic carbocycles. The molecular formula is C22H20O2. The average Bonchev–Trinajstić information content (AvgIpc) is 3.28. The number of benzene rings is 3. The van der Waals surface area contributed by atoms with Crippen molar-refractivity contribution in [3.8, 4) is 11.5 Å². The lowest BCUT2D eigenvalue weighted by atomic mass is 9.94. The van der Waals surface area contributed by atoms with Crippen LogP contribution in [0.4, 0.5) is 0 Å². The fourth-order valence-electron chi connectivity index (χ4n) is 4.14. The van der Waals surface area contributed by atoms with Crippen LogP contribution >= 0.6 is 0 Å². The zero-order valence-corrected chi connectivity index (χ0v) is 13.8. The number of hydrogen-bond acceptors (Lipinski definition) is 2. The van der Waals surface area contributed by atoms with Gasteiger partial charge >= 0.3 is 0 Å². The third-order valence-electron chi connectivity index (χ3n) is 5.47. The maximum Gasteiger partial charge on any atom is 0.130 e. The molecule has 1 aliphatic heterocycles. The lowest BCUT2D eigenvalue weighted by Gasteiger charge is -2.11. The number of hydrogen-bond donors (Lipinski definition) is 0. The van der Waals surface area contributed by atoms with Crippen LogP contribution in [-0.2, 0) is 6.42 Å². The highest BCUT2D eigenvalue weighted by Crippen LogP contribution is 2.57. The number of rotatable bonds is 3. The van der Waals surface area contributed by atoms with Crippen molar-refractivity contribution in [2.75, 3.05) is 13.7 Å². The SMILES string of the molecule is COc1ccc([C@H]2C[C@H]2c2cc3ccccc3c3c2CCO3)cc1. The molecule has 3 aromatic rings. The molecule has 0 bridgehead atoms. The van der Waals surface area contributed by atoms with Gasteiger partial charge in [0.05, 0.1) is 13.7 Å². The monoisotopic (exact) mass is 316 g/mol. The highest BCUT2D eigenvalue weighted by atomic mass is 16.5. The first kappa shape index (κ1) is 13.9. The van der Waals surface area contributed by atoms with Crippen LogP contribution in [0.2, 0.25) is 0 Å². The van der Waals surface area contributed by atoms with E-state index in [9.17, 15) is 0 Å². The molecule has 0 spiro atoms. The molecule has 2 aliphatic rings. The normalized spacial score (nSPS) is 21.4. The Labute approximate surface area is 142 Å². The van der Waals surface area contributed by atoms with Crippen molar-refractivity contribution >= 4 is 10.8 Å². The van der Waals surface area contributed by atoms with Gasteiger partial charge in [0.1, 0.15) is 11.5 Å². The highest BCUT2D eigenvalue weighted by molar-refractivity contribution is 5.91. The summed E-state index contributed by atoms with van der Waals surface area (Å²) in [6, 6.07) is 19.5. The van der Waals surface area contributed by atoms with E-state index in [-0.39, 0.29) is 0 Å². The second-order valence-electron chi connectivity index (χ2n) is 6.81. The van der Waals surface area contributed by atoms with Gasteiger partial charge in [-0.2, -0.15) is 0 Å². The summed E-state index contributed by atoms with van der Waals surface area (Å²) in [5.74, 6) is 3.31. The van der Waals surface area contributed by atoms with Crippen molar-refractivity contribution in [2.45, 2.75) is 24.7 Å². The van der Waals surface area contributed by atoms with Crippen molar-refractivity contribution in [3.05, 3.63) is 71.3 Å². The number of fused-ring (bicyclic) bond motifs is 3. The third-order valence-corrected chi connectivity index (χ3v) is 5.47. The summed E-state index contributed by atoms with van der Waals surface area (Å²) in [7, 11) is 1.72. The average molecular weight is 316 g/mol. The van der Waals surface area contributed by atoms with Crippen LogP contribution in [0.25, 0.3) is 10.8 Å². The van der Waals surface area contributed by atoms with Gasteiger partial charge in [-0.3, -0.25) is 0 Å². The molecule has 1 saturated carbocycles. The Bertz CT molecular complexity index is 911. The summed E-state index contributed by atoms with van der Waals surface area (Å²) in [4.78, 5) is 0. The zero-order chi connectivity index (χ0) is 16.1. The van der Waals surface area contributed by atoms with E-state index in [4.69, 9.17) is 9.47 Å². The summed E-state index contributed by atoms with van der Waals surface area (Å²) in [5, 5.41) is 2.56. The summed E-state index contributed by atoms with van der Waals surface area (Å²) in [6.45, 7) is 0.816. The maximum absolute atomic E-state index is 5.99.